The minimum atomic E-state index is -0.452. The van der Waals surface area contributed by atoms with Crippen molar-refractivity contribution in [3.05, 3.63) is 17.5 Å². The average molecular weight is 190 g/mol. The molecule has 0 spiro atoms. The first-order valence-electron chi connectivity index (χ1n) is 3.96. The summed E-state index contributed by atoms with van der Waals surface area (Å²) >= 11 is 0. The van der Waals surface area contributed by atoms with E-state index in [-0.39, 0.29) is 12.4 Å². The lowest BCUT2D eigenvalue weighted by molar-refractivity contribution is -0.117. The summed E-state index contributed by atoms with van der Waals surface area (Å²) in [5.74, 6) is 5.11. The van der Waals surface area contributed by atoms with Crippen molar-refractivity contribution in [3.63, 3.8) is 0 Å². The number of anilines is 1. The topological polar surface area (TPSA) is 94.9 Å². The minimum absolute atomic E-state index is 0.0316. The van der Waals surface area contributed by atoms with E-state index in [2.05, 4.69) is 21.8 Å². The normalized spacial score (nSPS) is 8.93. The Hall–Kier alpha value is -2.09. The number of primary amides is 1. The number of hydrogen-bond acceptors (Lipinski definition) is 4. The molecule has 4 N–H and O–H groups in total. The highest BCUT2D eigenvalue weighted by Crippen LogP contribution is 2.02. The van der Waals surface area contributed by atoms with Crippen LogP contribution in [-0.4, -0.2) is 15.9 Å². The molecule has 1 amide bonds. The van der Waals surface area contributed by atoms with E-state index in [4.69, 9.17) is 11.5 Å². The molecule has 1 aromatic heterocycles. The Bertz CT molecular complexity index is 417. The van der Waals surface area contributed by atoms with Crippen LogP contribution in [0.2, 0.25) is 0 Å². The number of hydrogen-bond donors (Lipinski definition) is 2. The lowest BCUT2D eigenvalue weighted by Gasteiger charge is -1.96. The van der Waals surface area contributed by atoms with Crippen LogP contribution in [0.25, 0.3) is 0 Å². The van der Waals surface area contributed by atoms with Crippen molar-refractivity contribution >= 4 is 11.9 Å². The molecule has 0 radical (unpaired) electrons. The average Bonchev–Trinajstić information content (AvgIpc) is 2.08. The molecule has 0 unspecified atom stereocenters. The predicted octanol–water partition coefficient (Wildman–Crippen LogP) is -0.406. The number of rotatable bonds is 1. The van der Waals surface area contributed by atoms with Crippen molar-refractivity contribution in [1.82, 2.24) is 9.97 Å². The SMILES string of the molecule is Cc1nc(N)ncc1C#CCC(N)=O. The van der Waals surface area contributed by atoms with Gasteiger partial charge in [-0.15, -0.1) is 0 Å². The number of carbonyl (C=O) groups excluding carboxylic acids is 1. The van der Waals surface area contributed by atoms with Crippen LogP contribution in [0.1, 0.15) is 17.7 Å². The Kier molecular flexibility index (Phi) is 3.02. The molecule has 0 saturated carbocycles. The van der Waals surface area contributed by atoms with E-state index in [1.54, 1.807) is 6.92 Å². The zero-order valence-electron chi connectivity index (χ0n) is 7.74. The van der Waals surface area contributed by atoms with Gasteiger partial charge in [-0.3, -0.25) is 4.79 Å². The fourth-order valence-corrected chi connectivity index (χ4v) is 0.834. The molecule has 0 aliphatic carbocycles. The molecule has 1 rings (SSSR count). The second-order valence-corrected chi connectivity index (χ2v) is 2.67. The maximum atomic E-state index is 10.4. The molecule has 0 aliphatic heterocycles. The molecule has 0 aliphatic rings. The summed E-state index contributed by atoms with van der Waals surface area (Å²) in [6.07, 6.45) is 1.55. The zero-order valence-corrected chi connectivity index (χ0v) is 7.74. The Morgan fingerprint density at radius 2 is 2.36 bits per heavy atom. The van der Waals surface area contributed by atoms with Crippen LogP contribution < -0.4 is 11.5 Å². The lowest BCUT2D eigenvalue weighted by Crippen LogP contribution is -2.08. The van der Waals surface area contributed by atoms with Crippen LogP contribution in [0.4, 0.5) is 5.95 Å². The first-order chi connectivity index (χ1) is 6.59. The largest absolute Gasteiger partial charge is 0.369 e. The molecule has 1 aromatic rings. The molecule has 0 bridgehead atoms. The van der Waals surface area contributed by atoms with Gasteiger partial charge < -0.3 is 11.5 Å². The maximum Gasteiger partial charge on any atom is 0.229 e. The third-order valence-electron chi connectivity index (χ3n) is 1.48. The van der Waals surface area contributed by atoms with Gasteiger partial charge in [-0.2, -0.15) is 0 Å². The van der Waals surface area contributed by atoms with Crippen LogP contribution in [-0.2, 0) is 4.79 Å². The Labute approximate surface area is 81.5 Å². The molecule has 0 saturated heterocycles. The molecule has 0 atom stereocenters. The van der Waals surface area contributed by atoms with Crippen molar-refractivity contribution in [3.8, 4) is 11.8 Å². The molecule has 0 aromatic carbocycles. The zero-order chi connectivity index (χ0) is 10.6. The van der Waals surface area contributed by atoms with E-state index < -0.39 is 5.91 Å². The number of aromatic nitrogens is 2. The van der Waals surface area contributed by atoms with E-state index >= 15 is 0 Å². The maximum absolute atomic E-state index is 10.4. The highest BCUT2D eigenvalue weighted by Gasteiger charge is 1.97. The second-order valence-electron chi connectivity index (χ2n) is 2.67. The standard InChI is InChI=1S/C9H10N4O/c1-6-7(3-2-4-8(10)14)5-12-9(11)13-6/h5H,4H2,1H3,(H2,10,14)(H2,11,12,13). The van der Waals surface area contributed by atoms with Gasteiger partial charge in [-0.1, -0.05) is 11.8 Å². The monoisotopic (exact) mass is 190 g/mol. The van der Waals surface area contributed by atoms with Gasteiger partial charge in [0.1, 0.15) is 0 Å². The van der Waals surface area contributed by atoms with E-state index in [1.165, 1.54) is 6.20 Å². The lowest BCUT2D eigenvalue weighted by atomic mass is 10.2. The van der Waals surface area contributed by atoms with Crippen LogP contribution in [0.5, 0.6) is 0 Å². The van der Waals surface area contributed by atoms with Crippen molar-refractivity contribution in [2.75, 3.05) is 5.73 Å². The molecule has 0 fully saturated rings. The number of nitrogens with zero attached hydrogens (tertiary/aromatic N) is 2. The van der Waals surface area contributed by atoms with Crippen LogP contribution in [0.15, 0.2) is 6.20 Å². The summed E-state index contributed by atoms with van der Waals surface area (Å²) in [6.45, 7) is 1.77. The molecule has 5 heteroatoms. The van der Waals surface area contributed by atoms with Gasteiger partial charge in [0, 0.05) is 6.20 Å². The first-order valence-corrected chi connectivity index (χ1v) is 3.96. The molecular formula is C9H10N4O. The third kappa shape index (κ3) is 2.75. The van der Waals surface area contributed by atoms with E-state index in [0.29, 0.717) is 11.3 Å². The molecule has 14 heavy (non-hydrogen) atoms. The Balaban J connectivity index is 2.85. The third-order valence-corrected chi connectivity index (χ3v) is 1.48. The summed E-state index contributed by atoms with van der Waals surface area (Å²) in [5.41, 5.74) is 11.6. The van der Waals surface area contributed by atoms with Crippen LogP contribution in [0.3, 0.4) is 0 Å². The van der Waals surface area contributed by atoms with E-state index in [0.717, 1.165) is 0 Å². The van der Waals surface area contributed by atoms with Crippen molar-refractivity contribution in [2.24, 2.45) is 5.73 Å². The van der Waals surface area contributed by atoms with Crippen LogP contribution in [0, 0.1) is 18.8 Å². The highest BCUT2D eigenvalue weighted by atomic mass is 16.1. The van der Waals surface area contributed by atoms with Crippen molar-refractivity contribution in [2.45, 2.75) is 13.3 Å². The fourth-order valence-electron chi connectivity index (χ4n) is 0.834. The van der Waals surface area contributed by atoms with Gasteiger partial charge in [0.2, 0.25) is 11.9 Å². The van der Waals surface area contributed by atoms with Gasteiger partial charge >= 0.3 is 0 Å². The number of amides is 1. The summed E-state index contributed by atoms with van der Waals surface area (Å²) in [4.78, 5) is 18.1. The fraction of sp³-hybridized carbons (Fsp3) is 0.222. The van der Waals surface area contributed by atoms with Crippen LogP contribution >= 0.6 is 0 Å². The van der Waals surface area contributed by atoms with Gasteiger partial charge in [0.15, 0.2) is 0 Å². The molecule has 5 nitrogen and oxygen atoms in total. The summed E-state index contributed by atoms with van der Waals surface area (Å²) in [6, 6.07) is 0. The van der Waals surface area contributed by atoms with Gasteiger partial charge in [0.05, 0.1) is 17.7 Å². The Morgan fingerprint density at radius 3 is 2.93 bits per heavy atom. The molecular weight excluding hydrogens is 180 g/mol. The predicted molar refractivity (Wildman–Crippen MR) is 51.9 cm³/mol. The van der Waals surface area contributed by atoms with Gasteiger partial charge in [-0.05, 0) is 6.92 Å². The first kappa shape index (κ1) is 9.99. The number of nitrogens with two attached hydrogens (primary N) is 2. The van der Waals surface area contributed by atoms with E-state index in [1.807, 2.05) is 0 Å². The number of aryl methyl sites for hydroxylation is 1. The summed E-state index contributed by atoms with van der Waals surface area (Å²) in [7, 11) is 0. The smallest absolute Gasteiger partial charge is 0.229 e. The summed E-state index contributed by atoms with van der Waals surface area (Å²) in [5, 5.41) is 0. The Morgan fingerprint density at radius 1 is 1.64 bits per heavy atom. The quantitative estimate of drug-likeness (QED) is 0.589. The highest BCUT2D eigenvalue weighted by molar-refractivity contribution is 5.76. The molecule has 72 valence electrons. The summed E-state index contributed by atoms with van der Waals surface area (Å²) < 4.78 is 0. The second kappa shape index (κ2) is 4.23. The minimum Gasteiger partial charge on any atom is -0.369 e. The van der Waals surface area contributed by atoms with E-state index in [9.17, 15) is 4.79 Å². The number of carbonyl (C=O) groups is 1. The number of nitrogen functional groups attached to an aromatic ring is 1. The van der Waals surface area contributed by atoms with Gasteiger partial charge in [0.25, 0.3) is 0 Å². The van der Waals surface area contributed by atoms with Gasteiger partial charge in [-0.25, -0.2) is 9.97 Å². The van der Waals surface area contributed by atoms with Crippen molar-refractivity contribution < 1.29 is 4.79 Å². The molecule has 1 heterocycles. The van der Waals surface area contributed by atoms with Crippen molar-refractivity contribution in [1.29, 1.82) is 0 Å².